The number of carbonyl (C=O) groups is 2. The fourth-order valence-corrected chi connectivity index (χ4v) is 2.14. The van der Waals surface area contributed by atoms with Crippen LogP contribution in [-0.2, 0) is 4.74 Å². The van der Waals surface area contributed by atoms with Crippen molar-refractivity contribution >= 4 is 17.7 Å². The Morgan fingerprint density at radius 2 is 2.15 bits per heavy atom. The minimum Gasteiger partial charge on any atom is -0.478 e. The Morgan fingerprint density at radius 3 is 2.75 bits per heavy atom. The molecule has 1 aromatic carbocycles. The summed E-state index contributed by atoms with van der Waals surface area (Å²) in [5, 5.41) is 14.5. The number of hydrogen-bond acceptors (Lipinski definition) is 3. The van der Waals surface area contributed by atoms with Gasteiger partial charge in [-0.1, -0.05) is 11.6 Å². The molecule has 1 aliphatic heterocycles. The molecule has 0 aromatic heterocycles. The van der Waals surface area contributed by atoms with Crippen LogP contribution in [0.1, 0.15) is 29.3 Å². The topological polar surface area (TPSA) is 87.7 Å². The molecule has 1 heterocycles. The van der Waals surface area contributed by atoms with Crippen LogP contribution in [0.25, 0.3) is 0 Å². The van der Waals surface area contributed by atoms with Crippen LogP contribution < -0.4 is 10.6 Å². The molecule has 3 N–H and O–H groups in total. The molecule has 6 heteroatoms. The summed E-state index contributed by atoms with van der Waals surface area (Å²) in [7, 11) is 0. The maximum Gasteiger partial charge on any atom is 0.337 e. The van der Waals surface area contributed by atoms with Crippen molar-refractivity contribution in [3.8, 4) is 0 Å². The van der Waals surface area contributed by atoms with Crippen LogP contribution in [0.15, 0.2) is 18.2 Å². The average Bonchev–Trinajstić information content (AvgIpc) is 2.77. The number of carbonyl (C=O) groups excluding carboxylic acids is 1. The van der Waals surface area contributed by atoms with Crippen molar-refractivity contribution < 1.29 is 19.4 Å². The zero-order valence-electron chi connectivity index (χ0n) is 11.5. The van der Waals surface area contributed by atoms with Gasteiger partial charge in [0.25, 0.3) is 0 Å². The van der Waals surface area contributed by atoms with Crippen LogP contribution in [0.3, 0.4) is 0 Å². The van der Waals surface area contributed by atoms with Gasteiger partial charge in [-0.25, -0.2) is 9.59 Å². The van der Waals surface area contributed by atoms with Crippen LogP contribution in [0.4, 0.5) is 10.5 Å². The lowest BCUT2D eigenvalue weighted by Crippen LogP contribution is -2.48. The van der Waals surface area contributed by atoms with E-state index in [0.29, 0.717) is 13.2 Å². The van der Waals surface area contributed by atoms with Gasteiger partial charge >= 0.3 is 12.0 Å². The van der Waals surface area contributed by atoms with E-state index in [9.17, 15) is 9.59 Å². The fourth-order valence-electron chi connectivity index (χ4n) is 2.14. The maximum atomic E-state index is 12.0. The number of aryl methyl sites for hydroxylation is 1. The Bertz CT molecular complexity index is 536. The first-order valence-corrected chi connectivity index (χ1v) is 6.40. The highest BCUT2D eigenvalue weighted by Crippen LogP contribution is 2.20. The van der Waals surface area contributed by atoms with Gasteiger partial charge in [0, 0.05) is 6.61 Å². The van der Waals surface area contributed by atoms with Gasteiger partial charge in [0.1, 0.15) is 0 Å². The molecule has 0 spiro atoms. The number of hydrogen-bond donors (Lipinski definition) is 3. The summed E-state index contributed by atoms with van der Waals surface area (Å²) < 4.78 is 5.25. The number of carboxylic acid groups (broad SMARTS) is 1. The lowest BCUT2D eigenvalue weighted by Gasteiger charge is -2.23. The van der Waals surface area contributed by atoms with E-state index in [2.05, 4.69) is 10.6 Å². The summed E-state index contributed by atoms with van der Waals surface area (Å²) in [5.74, 6) is -1.07. The van der Waals surface area contributed by atoms with Crippen LogP contribution in [-0.4, -0.2) is 35.9 Å². The Hall–Kier alpha value is -2.08. The van der Waals surface area contributed by atoms with Crippen molar-refractivity contribution in [2.75, 3.05) is 18.5 Å². The predicted molar refractivity (Wildman–Crippen MR) is 74.1 cm³/mol. The highest BCUT2D eigenvalue weighted by molar-refractivity contribution is 6.00. The second-order valence-electron chi connectivity index (χ2n) is 5.30. The van der Waals surface area contributed by atoms with E-state index >= 15 is 0 Å². The molecule has 2 amide bonds. The molecule has 0 bridgehead atoms. The molecule has 1 aromatic rings. The molecule has 1 unspecified atom stereocenters. The Morgan fingerprint density at radius 1 is 1.40 bits per heavy atom. The van der Waals surface area contributed by atoms with E-state index in [0.717, 1.165) is 12.0 Å². The highest BCUT2D eigenvalue weighted by Gasteiger charge is 2.31. The molecule has 1 saturated heterocycles. The van der Waals surface area contributed by atoms with Crippen molar-refractivity contribution in [3.05, 3.63) is 29.3 Å². The average molecular weight is 278 g/mol. The quantitative estimate of drug-likeness (QED) is 0.789. The summed E-state index contributed by atoms with van der Waals surface area (Å²) in [6, 6.07) is 4.44. The van der Waals surface area contributed by atoms with Gasteiger partial charge in [-0.2, -0.15) is 0 Å². The molecule has 108 valence electrons. The molecule has 0 saturated carbocycles. The molecular weight excluding hydrogens is 260 g/mol. The van der Waals surface area contributed by atoms with Gasteiger partial charge < -0.3 is 20.5 Å². The number of rotatable bonds is 3. The van der Waals surface area contributed by atoms with Crippen molar-refractivity contribution in [2.45, 2.75) is 25.8 Å². The summed E-state index contributed by atoms with van der Waals surface area (Å²) in [6.45, 7) is 4.77. The van der Waals surface area contributed by atoms with Gasteiger partial charge in [-0.05, 0) is 32.4 Å². The van der Waals surface area contributed by atoms with Gasteiger partial charge in [-0.15, -0.1) is 0 Å². The molecule has 0 aliphatic carbocycles. The number of aromatic carboxylic acids is 1. The number of urea groups is 1. The smallest absolute Gasteiger partial charge is 0.337 e. The molecule has 20 heavy (non-hydrogen) atoms. The summed E-state index contributed by atoms with van der Waals surface area (Å²) in [6.07, 6.45) is 0.736. The third-order valence-corrected chi connectivity index (χ3v) is 3.29. The Labute approximate surface area is 117 Å². The Kier molecular flexibility index (Phi) is 3.94. The van der Waals surface area contributed by atoms with Gasteiger partial charge in [0.15, 0.2) is 0 Å². The van der Waals surface area contributed by atoms with Crippen LogP contribution >= 0.6 is 0 Å². The van der Waals surface area contributed by atoms with Crippen molar-refractivity contribution in [1.29, 1.82) is 0 Å². The minimum absolute atomic E-state index is 0.0768. The zero-order chi connectivity index (χ0) is 14.8. The number of ether oxygens (including phenoxy) is 1. The summed E-state index contributed by atoms with van der Waals surface area (Å²) >= 11 is 0. The fraction of sp³-hybridized carbons (Fsp3) is 0.429. The first-order valence-electron chi connectivity index (χ1n) is 6.40. The number of nitrogens with one attached hydrogen (secondary N) is 2. The third-order valence-electron chi connectivity index (χ3n) is 3.29. The first kappa shape index (κ1) is 14.3. The van der Waals surface area contributed by atoms with Crippen LogP contribution in [0, 0.1) is 6.92 Å². The molecule has 1 fully saturated rings. The van der Waals surface area contributed by atoms with E-state index in [1.807, 2.05) is 6.92 Å². The zero-order valence-corrected chi connectivity index (χ0v) is 11.5. The van der Waals surface area contributed by atoms with Crippen LogP contribution in [0.2, 0.25) is 0 Å². The lowest BCUT2D eigenvalue weighted by molar-refractivity contribution is 0.0698. The van der Waals surface area contributed by atoms with Gasteiger partial charge in [0.05, 0.1) is 23.4 Å². The van der Waals surface area contributed by atoms with Gasteiger partial charge in [-0.3, -0.25) is 0 Å². The predicted octanol–water partition coefficient (Wildman–Crippen LogP) is 1.99. The van der Waals surface area contributed by atoms with E-state index in [1.54, 1.807) is 19.1 Å². The maximum absolute atomic E-state index is 12.0. The standard InChI is InChI=1S/C14H18N2O4/c1-9-3-4-11(10(7-9)12(17)18)15-13(19)16-14(2)5-6-20-8-14/h3-4,7H,5-6,8H2,1-2H3,(H,17,18)(H2,15,16,19). The molecule has 0 radical (unpaired) electrons. The third kappa shape index (κ3) is 3.27. The molecule has 6 nitrogen and oxygen atoms in total. The number of amides is 2. The Balaban J connectivity index is 2.09. The van der Waals surface area contributed by atoms with Crippen molar-refractivity contribution in [3.63, 3.8) is 0 Å². The number of carboxylic acids is 1. The number of anilines is 1. The summed E-state index contributed by atoms with van der Waals surface area (Å²) in [5.41, 5.74) is 0.777. The van der Waals surface area contributed by atoms with E-state index in [4.69, 9.17) is 9.84 Å². The van der Waals surface area contributed by atoms with Crippen molar-refractivity contribution in [1.82, 2.24) is 5.32 Å². The molecule has 1 aliphatic rings. The van der Waals surface area contributed by atoms with E-state index < -0.39 is 17.5 Å². The second kappa shape index (κ2) is 5.50. The molecule has 1 atom stereocenters. The largest absolute Gasteiger partial charge is 0.478 e. The molecule has 2 rings (SSSR count). The highest BCUT2D eigenvalue weighted by atomic mass is 16.5. The van der Waals surface area contributed by atoms with Crippen molar-refractivity contribution in [2.24, 2.45) is 0 Å². The first-order chi connectivity index (χ1) is 9.39. The monoisotopic (exact) mass is 278 g/mol. The van der Waals surface area contributed by atoms with Crippen LogP contribution in [0.5, 0.6) is 0 Å². The number of benzene rings is 1. The normalized spacial score (nSPS) is 21.5. The van der Waals surface area contributed by atoms with E-state index in [1.165, 1.54) is 6.07 Å². The lowest BCUT2D eigenvalue weighted by atomic mass is 10.0. The van der Waals surface area contributed by atoms with E-state index in [-0.39, 0.29) is 11.3 Å². The SMILES string of the molecule is Cc1ccc(NC(=O)NC2(C)CCOC2)c(C(=O)O)c1. The minimum atomic E-state index is -1.07. The summed E-state index contributed by atoms with van der Waals surface area (Å²) in [4.78, 5) is 23.1. The second-order valence-corrected chi connectivity index (χ2v) is 5.30. The van der Waals surface area contributed by atoms with Gasteiger partial charge in [0.2, 0.25) is 0 Å². The molecular formula is C14H18N2O4.